The Bertz CT molecular complexity index is 1250. The van der Waals surface area contributed by atoms with Crippen molar-refractivity contribution in [3.8, 4) is 0 Å². The second-order valence-corrected chi connectivity index (χ2v) is 9.28. The molecular formula is C24H20ClN3OS. The van der Waals surface area contributed by atoms with Gasteiger partial charge in [-0.1, -0.05) is 48.9 Å². The van der Waals surface area contributed by atoms with Crippen LogP contribution in [0.1, 0.15) is 39.7 Å². The zero-order valence-corrected chi connectivity index (χ0v) is 18.1. The van der Waals surface area contributed by atoms with Gasteiger partial charge in [0.25, 0.3) is 0 Å². The lowest BCUT2D eigenvalue weighted by Crippen LogP contribution is -2.09. The zero-order chi connectivity index (χ0) is 20.7. The van der Waals surface area contributed by atoms with E-state index in [9.17, 15) is 4.79 Å². The van der Waals surface area contributed by atoms with Crippen molar-refractivity contribution in [1.82, 2.24) is 9.97 Å². The van der Waals surface area contributed by atoms with Gasteiger partial charge in [0.05, 0.1) is 11.1 Å². The Morgan fingerprint density at radius 2 is 2.00 bits per heavy atom. The van der Waals surface area contributed by atoms with E-state index in [0.717, 1.165) is 28.9 Å². The van der Waals surface area contributed by atoms with E-state index >= 15 is 0 Å². The molecule has 0 radical (unpaired) electrons. The third-order valence-electron chi connectivity index (χ3n) is 5.61. The fourth-order valence-corrected chi connectivity index (χ4v) is 5.58. The van der Waals surface area contributed by atoms with Gasteiger partial charge in [-0.25, -0.2) is 9.97 Å². The lowest BCUT2D eigenvalue weighted by atomic mass is 9.89. The molecule has 1 atom stereocenters. The number of hydrogen-bond donors (Lipinski definition) is 1. The van der Waals surface area contributed by atoms with Crippen LogP contribution in [0.15, 0.2) is 54.9 Å². The maximum Gasteiger partial charge on any atom is 0.195 e. The summed E-state index contributed by atoms with van der Waals surface area (Å²) in [7, 11) is 0. The van der Waals surface area contributed by atoms with Crippen molar-refractivity contribution in [2.75, 3.05) is 5.32 Å². The Morgan fingerprint density at radius 1 is 1.17 bits per heavy atom. The average Bonchev–Trinajstić information content (AvgIpc) is 3.13. The van der Waals surface area contributed by atoms with Crippen molar-refractivity contribution in [3.05, 3.63) is 81.4 Å². The minimum atomic E-state index is -0.0768. The Kier molecular flexibility index (Phi) is 5.01. The number of benzene rings is 2. The van der Waals surface area contributed by atoms with Crippen LogP contribution in [0.5, 0.6) is 0 Å². The van der Waals surface area contributed by atoms with Crippen LogP contribution < -0.4 is 5.32 Å². The summed E-state index contributed by atoms with van der Waals surface area (Å²) in [4.78, 5) is 24.6. The topological polar surface area (TPSA) is 54.9 Å². The van der Waals surface area contributed by atoms with E-state index in [1.807, 2.05) is 36.4 Å². The van der Waals surface area contributed by atoms with Gasteiger partial charge in [-0.15, -0.1) is 11.3 Å². The van der Waals surface area contributed by atoms with Crippen LogP contribution in [0.4, 0.5) is 11.5 Å². The first-order chi connectivity index (χ1) is 14.6. The first-order valence-electron chi connectivity index (χ1n) is 10.0. The number of halogens is 1. The van der Waals surface area contributed by atoms with Crippen LogP contribution in [-0.2, 0) is 12.8 Å². The number of nitrogens with zero attached hydrogens (tertiary/aromatic N) is 2. The largest absolute Gasteiger partial charge is 0.339 e. The molecule has 0 aliphatic heterocycles. The van der Waals surface area contributed by atoms with E-state index in [4.69, 9.17) is 11.6 Å². The monoisotopic (exact) mass is 433 g/mol. The van der Waals surface area contributed by atoms with Crippen molar-refractivity contribution in [2.24, 2.45) is 5.92 Å². The molecule has 2 aromatic heterocycles. The Morgan fingerprint density at radius 3 is 2.83 bits per heavy atom. The number of carbonyl (C=O) groups excluding carboxylic acids is 1. The maximum absolute atomic E-state index is 13.2. The molecule has 1 unspecified atom stereocenters. The van der Waals surface area contributed by atoms with Gasteiger partial charge in [0.15, 0.2) is 5.78 Å². The highest BCUT2D eigenvalue weighted by Gasteiger charge is 2.24. The normalized spacial score (nSPS) is 15.7. The van der Waals surface area contributed by atoms with Crippen LogP contribution in [0.2, 0.25) is 5.02 Å². The van der Waals surface area contributed by atoms with Gasteiger partial charge in [0.2, 0.25) is 0 Å². The summed E-state index contributed by atoms with van der Waals surface area (Å²) in [6, 6.07) is 14.6. The standard InChI is InChI=1S/C24H20ClN3OS/c1-14-7-9-17-20(11-14)30-24-21(17)23(26-13-27-24)28-19-10-8-16(25)12-18(19)22(29)15-5-3-2-4-6-15/h2-6,8,10,12-14H,7,9,11H2,1H3,(H,26,27,28). The van der Waals surface area contributed by atoms with Crippen molar-refractivity contribution < 1.29 is 4.79 Å². The van der Waals surface area contributed by atoms with E-state index in [2.05, 4.69) is 22.2 Å². The number of ketones is 1. The smallest absolute Gasteiger partial charge is 0.195 e. The van der Waals surface area contributed by atoms with Gasteiger partial charge >= 0.3 is 0 Å². The molecule has 0 fully saturated rings. The second kappa shape index (κ2) is 7.82. The highest BCUT2D eigenvalue weighted by molar-refractivity contribution is 7.19. The van der Waals surface area contributed by atoms with Gasteiger partial charge in [-0.05, 0) is 48.9 Å². The van der Waals surface area contributed by atoms with Crippen LogP contribution in [0, 0.1) is 5.92 Å². The fourth-order valence-electron chi connectivity index (χ4n) is 4.06. The third-order valence-corrected chi connectivity index (χ3v) is 7.00. The molecule has 0 saturated carbocycles. The quantitative estimate of drug-likeness (QED) is 0.376. The first kappa shape index (κ1) is 19.2. The first-order valence-corrected chi connectivity index (χ1v) is 11.2. The molecule has 4 aromatic rings. The van der Waals surface area contributed by atoms with E-state index in [0.29, 0.717) is 27.8 Å². The average molecular weight is 434 g/mol. The van der Waals surface area contributed by atoms with E-state index in [-0.39, 0.29) is 5.78 Å². The Balaban J connectivity index is 1.59. The van der Waals surface area contributed by atoms with Crippen molar-refractivity contribution in [1.29, 1.82) is 0 Å². The molecule has 1 aliphatic carbocycles. The second-order valence-electron chi connectivity index (χ2n) is 7.76. The molecule has 4 nitrogen and oxygen atoms in total. The molecule has 0 bridgehead atoms. The van der Waals surface area contributed by atoms with Crippen LogP contribution in [-0.4, -0.2) is 15.8 Å². The number of anilines is 2. The fraction of sp³-hybridized carbons (Fsp3) is 0.208. The van der Waals surface area contributed by atoms with Gasteiger partial charge in [0, 0.05) is 21.0 Å². The molecule has 1 aliphatic rings. The van der Waals surface area contributed by atoms with Crippen molar-refractivity contribution in [3.63, 3.8) is 0 Å². The van der Waals surface area contributed by atoms with Crippen molar-refractivity contribution >= 4 is 50.4 Å². The number of aryl methyl sites for hydroxylation is 1. The number of nitrogens with one attached hydrogen (secondary N) is 1. The van der Waals surface area contributed by atoms with Crippen molar-refractivity contribution in [2.45, 2.75) is 26.2 Å². The van der Waals surface area contributed by atoms with Crippen LogP contribution in [0.25, 0.3) is 10.2 Å². The van der Waals surface area contributed by atoms with E-state index in [1.54, 1.807) is 29.8 Å². The summed E-state index contributed by atoms with van der Waals surface area (Å²) in [5.41, 5.74) is 3.19. The number of thiophene rings is 1. The Labute approximate surface area is 184 Å². The number of carbonyl (C=O) groups is 1. The minimum absolute atomic E-state index is 0.0768. The van der Waals surface area contributed by atoms with Crippen LogP contribution >= 0.6 is 22.9 Å². The number of rotatable bonds is 4. The molecule has 2 heterocycles. The summed E-state index contributed by atoms with van der Waals surface area (Å²) < 4.78 is 0. The molecule has 30 heavy (non-hydrogen) atoms. The third kappa shape index (κ3) is 3.48. The SMILES string of the molecule is CC1CCc2c(sc3ncnc(Nc4ccc(Cl)cc4C(=O)c4ccccc4)c23)C1. The highest BCUT2D eigenvalue weighted by Crippen LogP contribution is 2.40. The molecule has 0 amide bonds. The summed E-state index contributed by atoms with van der Waals surface area (Å²) >= 11 is 7.99. The molecule has 0 spiro atoms. The highest BCUT2D eigenvalue weighted by atomic mass is 35.5. The molecule has 5 rings (SSSR count). The van der Waals surface area contributed by atoms with E-state index < -0.39 is 0 Å². The molecule has 150 valence electrons. The predicted molar refractivity (Wildman–Crippen MR) is 123 cm³/mol. The van der Waals surface area contributed by atoms with Gasteiger partial charge in [-0.2, -0.15) is 0 Å². The Hall–Kier alpha value is -2.76. The zero-order valence-electron chi connectivity index (χ0n) is 16.5. The summed E-state index contributed by atoms with van der Waals surface area (Å²) in [6.45, 7) is 2.30. The molecule has 0 saturated heterocycles. The van der Waals surface area contributed by atoms with Gasteiger partial charge in [0.1, 0.15) is 17.0 Å². The van der Waals surface area contributed by atoms with Gasteiger partial charge in [-0.3, -0.25) is 4.79 Å². The molecule has 2 aromatic carbocycles. The maximum atomic E-state index is 13.2. The van der Waals surface area contributed by atoms with Crippen LogP contribution in [0.3, 0.4) is 0 Å². The minimum Gasteiger partial charge on any atom is -0.339 e. The summed E-state index contributed by atoms with van der Waals surface area (Å²) in [6.07, 6.45) is 4.89. The molecule has 1 N–H and O–H groups in total. The number of aromatic nitrogens is 2. The van der Waals surface area contributed by atoms with Gasteiger partial charge < -0.3 is 5.32 Å². The van der Waals surface area contributed by atoms with E-state index in [1.165, 1.54) is 16.9 Å². The molecular weight excluding hydrogens is 414 g/mol. The number of fused-ring (bicyclic) bond motifs is 3. The number of hydrogen-bond acceptors (Lipinski definition) is 5. The molecule has 6 heteroatoms. The summed E-state index contributed by atoms with van der Waals surface area (Å²) in [5, 5.41) is 5.02. The lowest BCUT2D eigenvalue weighted by molar-refractivity contribution is 0.103. The summed E-state index contributed by atoms with van der Waals surface area (Å²) in [5.74, 6) is 1.37. The lowest BCUT2D eigenvalue weighted by Gasteiger charge is -2.18. The predicted octanol–water partition coefficient (Wildman–Crippen LogP) is 6.44.